The van der Waals surface area contributed by atoms with Crippen LogP contribution in [0.4, 0.5) is 0 Å². The number of rotatable bonds is 7. The van der Waals surface area contributed by atoms with Crippen LogP contribution in [0.2, 0.25) is 0 Å². The average Bonchev–Trinajstić information content (AvgIpc) is 2.35. The third-order valence-corrected chi connectivity index (χ3v) is 4.03. The molecule has 1 rings (SSSR count). The summed E-state index contributed by atoms with van der Waals surface area (Å²) in [5, 5.41) is 3.58. The van der Waals surface area contributed by atoms with Gasteiger partial charge in [-0.2, -0.15) is 0 Å². The lowest BCUT2D eigenvalue weighted by molar-refractivity contribution is 0.424. The third-order valence-electron chi connectivity index (χ3n) is 3.50. The highest BCUT2D eigenvalue weighted by Gasteiger charge is 2.14. The van der Waals surface area contributed by atoms with Crippen molar-refractivity contribution in [3.05, 3.63) is 34.3 Å². The molecule has 0 heterocycles. The summed E-state index contributed by atoms with van der Waals surface area (Å²) in [4.78, 5) is 0. The number of hydrogen-bond donors (Lipinski definition) is 1. The maximum atomic E-state index is 3.58. The number of halogens is 1. The monoisotopic (exact) mass is 311 g/mol. The van der Waals surface area contributed by atoms with E-state index in [4.69, 9.17) is 0 Å². The van der Waals surface area contributed by atoms with Crippen LogP contribution in [-0.4, -0.2) is 12.6 Å². The first-order chi connectivity index (χ1) is 8.52. The molecule has 18 heavy (non-hydrogen) atoms. The Hall–Kier alpha value is -0.340. The molecule has 0 radical (unpaired) electrons. The second-order valence-corrected chi connectivity index (χ2v) is 6.48. The van der Waals surface area contributed by atoms with Crippen molar-refractivity contribution in [2.75, 3.05) is 6.54 Å². The number of nitrogens with one attached hydrogen (secondary N) is 1. The van der Waals surface area contributed by atoms with Crippen molar-refractivity contribution in [3.8, 4) is 0 Å². The van der Waals surface area contributed by atoms with Crippen LogP contribution in [0.1, 0.15) is 52.0 Å². The molecular formula is C16H26BrN. The predicted molar refractivity (Wildman–Crippen MR) is 84.1 cm³/mol. The zero-order chi connectivity index (χ0) is 13.5. The van der Waals surface area contributed by atoms with Gasteiger partial charge in [-0.05, 0) is 36.0 Å². The fourth-order valence-electron chi connectivity index (χ4n) is 2.10. The Morgan fingerprint density at radius 2 is 1.72 bits per heavy atom. The molecule has 0 aliphatic heterocycles. The molecular weight excluding hydrogens is 286 g/mol. The number of benzene rings is 1. The summed E-state index contributed by atoms with van der Waals surface area (Å²) in [7, 11) is 0. The Balaban J connectivity index is 2.72. The van der Waals surface area contributed by atoms with Gasteiger partial charge < -0.3 is 5.32 Å². The van der Waals surface area contributed by atoms with Crippen LogP contribution in [0.3, 0.4) is 0 Å². The van der Waals surface area contributed by atoms with Gasteiger partial charge in [0.2, 0.25) is 0 Å². The van der Waals surface area contributed by atoms with Crippen molar-refractivity contribution >= 4 is 15.9 Å². The maximum Gasteiger partial charge on any atom is 0.0175 e. The predicted octanol–water partition coefficient (Wildman–Crippen LogP) is 4.97. The Morgan fingerprint density at radius 1 is 1.11 bits per heavy atom. The van der Waals surface area contributed by atoms with Crippen LogP contribution >= 0.6 is 15.9 Å². The molecule has 0 fully saturated rings. The lowest BCUT2D eigenvalue weighted by atomic mass is 9.88. The Labute approximate surface area is 120 Å². The molecule has 2 atom stereocenters. The highest BCUT2D eigenvalue weighted by molar-refractivity contribution is 9.10. The van der Waals surface area contributed by atoms with E-state index in [1.54, 1.807) is 0 Å². The lowest BCUT2D eigenvalue weighted by Gasteiger charge is -2.22. The molecule has 1 nitrogen and oxygen atoms in total. The van der Waals surface area contributed by atoms with E-state index >= 15 is 0 Å². The van der Waals surface area contributed by atoms with Gasteiger partial charge in [-0.1, -0.05) is 62.2 Å². The Bertz CT molecular complexity index is 331. The minimum absolute atomic E-state index is 0.555. The molecule has 102 valence electrons. The van der Waals surface area contributed by atoms with Gasteiger partial charge in [0.1, 0.15) is 0 Å². The third kappa shape index (κ3) is 5.53. The van der Waals surface area contributed by atoms with Gasteiger partial charge in [0, 0.05) is 17.1 Å². The molecule has 0 aromatic heterocycles. The highest BCUT2D eigenvalue weighted by atomic mass is 79.9. The maximum absolute atomic E-state index is 3.58. The topological polar surface area (TPSA) is 12.0 Å². The fraction of sp³-hybridized carbons (Fsp3) is 0.625. The molecule has 0 aliphatic rings. The van der Waals surface area contributed by atoms with E-state index in [0.29, 0.717) is 12.0 Å². The van der Waals surface area contributed by atoms with E-state index in [9.17, 15) is 0 Å². The smallest absolute Gasteiger partial charge is 0.0175 e. The van der Waals surface area contributed by atoms with Crippen molar-refractivity contribution in [1.82, 2.24) is 5.32 Å². The van der Waals surface area contributed by atoms with E-state index in [2.05, 4.69) is 73.2 Å². The molecule has 0 amide bonds. The molecule has 0 spiro atoms. The Morgan fingerprint density at radius 3 is 2.22 bits per heavy atom. The summed E-state index contributed by atoms with van der Waals surface area (Å²) < 4.78 is 1.16. The van der Waals surface area contributed by atoms with Crippen LogP contribution in [-0.2, 0) is 0 Å². The first-order valence-electron chi connectivity index (χ1n) is 7.01. The second-order valence-electron chi connectivity index (χ2n) is 5.56. The first kappa shape index (κ1) is 15.7. The molecule has 1 aromatic carbocycles. The summed E-state index contributed by atoms with van der Waals surface area (Å²) in [6.07, 6.45) is 2.52. The molecule has 1 N–H and O–H groups in total. The van der Waals surface area contributed by atoms with Gasteiger partial charge in [-0.3, -0.25) is 0 Å². The van der Waals surface area contributed by atoms with Gasteiger partial charge >= 0.3 is 0 Å². The first-order valence-corrected chi connectivity index (χ1v) is 7.81. The van der Waals surface area contributed by atoms with Gasteiger partial charge in [0.25, 0.3) is 0 Å². The van der Waals surface area contributed by atoms with Gasteiger partial charge in [-0.15, -0.1) is 0 Å². The Kier molecular flexibility index (Phi) is 6.95. The normalized spacial score (nSPS) is 14.8. The lowest BCUT2D eigenvalue weighted by Crippen LogP contribution is -2.28. The molecule has 0 bridgehead atoms. The van der Waals surface area contributed by atoms with Crippen molar-refractivity contribution in [3.63, 3.8) is 0 Å². The van der Waals surface area contributed by atoms with Crippen molar-refractivity contribution in [2.45, 2.75) is 52.5 Å². The second kappa shape index (κ2) is 7.96. The molecule has 1 aromatic rings. The van der Waals surface area contributed by atoms with Crippen LogP contribution in [0.15, 0.2) is 28.7 Å². The molecule has 2 unspecified atom stereocenters. The van der Waals surface area contributed by atoms with Crippen molar-refractivity contribution in [2.24, 2.45) is 5.92 Å². The molecule has 2 heteroatoms. The molecule has 0 saturated heterocycles. The average molecular weight is 312 g/mol. The van der Waals surface area contributed by atoms with Crippen molar-refractivity contribution < 1.29 is 0 Å². The summed E-state index contributed by atoms with van der Waals surface area (Å²) in [6.45, 7) is 10.1. The summed E-state index contributed by atoms with van der Waals surface area (Å²) >= 11 is 3.51. The number of hydrogen-bond acceptors (Lipinski definition) is 1. The van der Waals surface area contributed by atoms with Crippen LogP contribution in [0.25, 0.3) is 0 Å². The molecule has 0 saturated carbocycles. The highest BCUT2D eigenvalue weighted by Crippen LogP contribution is 2.26. The van der Waals surface area contributed by atoms with E-state index in [0.717, 1.165) is 16.9 Å². The largest absolute Gasteiger partial charge is 0.314 e. The van der Waals surface area contributed by atoms with Crippen LogP contribution in [0, 0.1) is 5.92 Å². The van der Waals surface area contributed by atoms with Gasteiger partial charge in [-0.25, -0.2) is 0 Å². The van der Waals surface area contributed by atoms with E-state index < -0.39 is 0 Å². The quantitative estimate of drug-likeness (QED) is 0.750. The van der Waals surface area contributed by atoms with Crippen LogP contribution < -0.4 is 5.32 Å². The van der Waals surface area contributed by atoms with E-state index in [-0.39, 0.29) is 0 Å². The summed E-state index contributed by atoms with van der Waals surface area (Å²) in [5.74, 6) is 1.41. The minimum Gasteiger partial charge on any atom is -0.314 e. The van der Waals surface area contributed by atoms with Crippen LogP contribution in [0.5, 0.6) is 0 Å². The van der Waals surface area contributed by atoms with E-state index in [1.165, 1.54) is 18.4 Å². The minimum atomic E-state index is 0.555. The SMILES string of the molecule is CCC(C)CC(CNC(C)C)c1ccc(Br)cc1. The molecule has 0 aliphatic carbocycles. The van der Waals surface area contributed by atoms with Gasteiger partial charge in [0.05, 0.1) is 0 Å². The fourth-order valence-corrected chi connectivity index (χ4v) is 2.37. The standard InChI is InChI=1S/C16H26BrN/c1-5-13(4)10-15(11-18-12(2)3)14-6-8-16(17)9-7-14/h6-9,12-13,15,18H,5,10-11H2,1-4H3. The zero-order valence-corrected chi connectivity index (χ0v) is 13.6. The van der Waals surface area contributed by atoms with E-state index in [1.807, 2.05) is 0 Å². The zero-order valence-electron chi connectivity index (χ0n) is 12.0. The summed E-state index contributed by atoms with van der Waals surface area (Å²) in [6, 6.07) is 9.35. The summed E-state index contributed by atoms with van der Waals surface area (Å²) in [5.41, 5.74) is 1.45. The van der Waals surface area contributed by atoms with Gasteiger partial charge in [0.15, 0.2) is 0 Å². The van der Waals surface area contributed by atoms with Crippen molar-refractivity contribution in [1.29, 1.82) is 0 Å².